The van der Waals surface area contributed by atoms with Crippen molar-refractivity contribution < 1.29 is 13.9 Å². The van der Waals surface area contributed by atoms with Crippen molar-refractivity contribution in [1.82, 2.24) is 9.88 Å². The predicted molar refractivity (Wildman–Crippen MR) is 134 cm³/mol. The number of amides is 1. The minimum absolute atomic E-state index is 0.0230. The molecular weight excluding hydrogens is 465 g/mol. The number of benzene rings is 2. The number of methoxy groups -OCH3 is 1. The highest BCUT2D eigenvalue weighted by molar-refractivity contribution is 7.07. The molecule has 1 aromatic heterocycles. The molecule has 2 unspecified atom stereocenters. The SMILES string of the molecule is COc1ccccc1C=c1sc(=C(C#N)C(=O)NC2CCCCC2C)n(-c2ccc(F)cc2)c1=O. The highest BCUT2D eigenvalue weighted by Gasteiger charge is 2.25. The second kappa shape index (κ2) is 10.7. The van der Waals surface area contributed by atoms with Crippen LogP contribution < -0.4 is 24.8 Å². The third-order valence-electron chi connectivity index (χ3n) is 6.31. The lowest BCUT2D eigenvalue weighted by atomic mass is 9.86. The van der Waals surface area contributed by atoms with E-state index in [1.807, 2.05) is 24.3 Å². The summed E-state index contributed by atoms with van der Waals surface area (Å²) in [6.45, 7) is 2.09. The van der Waals surface area contributed by atoms with Crippen LogP contribution in [0.3, 0.4) is 0 Å². The number of hydrogen-bond acceptors (Lipinski definition) is 5. The van der Waals surface area contributed by atoms with E-state index < -0.39 is 17.3 Å². The van der Waals surface area contributed by atoms with Crippen molar-refractivity contribution in [2.24, 2.45) is 5.92 Å². The van der Waals surface area contributed by atoms with Gasteiger partial charge in [-0.15, -0.1) is 11.3 Å². The number of nitrogens with one attached hydrogen (secondary N) is 1. The van der Waals surface area contributed by atoms with Crippen molar-refractivity contribution in [3.8, 4) is 17.5 Å². The van der Waals surface area contributed by atoms with Gasteiger partial charge in [0, 0.05) is 11.6 Å². The van der Waals surface area contributed by atoms with Crippen LogP contribution in [0.4, 0.5) is 4.39 Å². The number of rotatable bonds is 5. The summed E-state index contributed by atoms with van der Waals surface area (Å²) >= 11 is 1.05. The fraction of sp³-hybridized carbons (Fsp3) is 0.296. The van der Waals surface area contributed by atoms with E-state index in [4.69, 9.17) is 4.74 Å². The van der Waals surface area contributed by atoms with E-state index in [0.717, 1.165) is 37.0 Å². The maximum atomic E-state index is 13.6. The summed E-state index contributed by atoms with van der Waals surface area (Å²) in [5.41, 5.74) is 0.502. The van der Waals surface area contributed by atoms with Gasteiger partial charge in [-0.05, 0) is 55.2 Å². The molecular formula is C27H26FN3O3S. The quantitative estimate of drug-likeness (QED) is 0.594. The Morgan fingerprint density at radius 2 is 1.91 bits per heavy atom. The molecule has 8 heteroatoms. The van der Waals surface area contributed by atoms with Gasteiger partial charge >= 0.3 is 0 Å². The molecule has 0 aliphatic heterocycles. The van der Waals surface area contributed by atoms with Gasteiger partial charge in [-0.25, -0.2) is 4.39 Å². The summed E-state index contributed by atoms with van der Waals surface area (Å²) in [6.07, 6.45) is 5.69. The number of nitriles is 1. The maximum absolute atomic E-state index is 13.6. The summed E-state index contributed by atoms with van der Waals surface area (Å²) in [5, 5.41) is 13.0. The van der Waals surface area contributed by atoms with Crippen molar-refractivity contribution in [3.05, 3.63) is 79.5 Å². The van der Waals surface area contributed by atoms with Gasteiger partial charge in [0.1, 0.15) is 22.3 Å². The molecule has 1 amide bonds. The largest absolute Gasteiger partial charge is 0.496 e. The third kappa shape index (κ3) is 5.20. The molecule has 2 aromatic carbocycles. The molecule has 1 aliphatic rings. The van der Waals surface area contributed by atoms with Crippen molar-refractivity contribution in [2.45, 2.75) is 38.6 Å². The molecule has 6 nitrogen and oxygen atoms in total. The van der Waals surface area contributed by atoms with Gasteiger partial charge in [-0.2, -0.15) is 5.26 Å². The number of halogens is 1. The fourth-order valence-electron chi connectivity index (χ4n) is 4.37. The Morgan fingerprint density at radius 3 is 2.60 bits per heavy atom. The first-order valence-electron chi connectivity index (χ1n) is 11.5. The topological polar surface area (TPSA) is 84.1 Å². The monoisotopic (exact) mass is 491 g/mol. The molecule has 1 aliphatic carbocycles. The lowest BCUT2D eigenvalue weighted by Gasteiger charge is -2.29. The zero-order chi connectivity index (χ0) is 24.9. The Kier molecular flexibility index (Phi) is 7.47. The predicted octanol–water partition coefficient (Wildman–Crippen LogP) is 3.24. The lowest BCUT2D eigenvalue weighted by molar-refractivity contribution is -0.116. The maximum Gasteiger partial charge on any atom is 0.273 e. The van der Waals surface area contributed by atoms with E-state index in [-0.39, 0.29) is 16.3 Å². The zero-order valence-electron chi connectivity index (χ0n) is 19.6. The Morgan fingerprint density at radius 1 is 1.20 bits per heavy atom. The molecule has 2 atom stereocenters. The number of ether oxygens (including phenoxy) is 1. The first-order chi connectivity index (χ1) is 16.9. The fourth-order valence-corrected chi connectivity index (χ4v) is 5.46. The van der Waals surface area contributed by atoms with E-state index in [1.54, 1.807) is 19.3 Å². The molecule has 35 heavy (non-hydrogen) atoms. The number of thiazole rings is 1. The van der Waals surface area contributed by atoms with Crippen LogP contribution in [0.5, 0.6) is 5.75 Å². The van der Waals surface area contributed by atoms with Crippen LogP contribution in [0.25, 0.3) is 17.3 Å². The normalized spacial score (nSPS) is 19.1. The Labute approximate surface area is 206 Å². The summed E-state index contributed by atoms with van der Waals surface area (Å²) in [7, 11) is 1.54. The van der Waals surface area contributed by atoms with Gasteiger partial charge in [0.15, 0.2) is 5.57 Å². The summed E-state index contributed by atoms with van der Waals surface area (Å²) in [5.74, 6) is -0.0616. The summed E-state index contributed by atoms with van der Waals surface area (Å²) < 4.78 is 20.8. The Bertz CT molecular complexity index is 1450. The third-order valence-corrected chi connectivity index (χ3v) is 7.41. The number of hydrogen-bond donors (Lipinski definition) is 1. The van der Waals surface area contributed by atoms with Gasteiger partial charge in [-0.3, -0.25) is 14.2 Å². The van der Waals surface area contributed by atoms with Crippen molar-refractivity contribution in [3.63, 3.8) is 0 Å². The van der Waals surface area contributed by atoms with Crippen LogP contribution in [-0.4, -0.2) is 23.6 Å². The number of carbonyl (C=O) groups is 1. The smallest absolute Gasteiger partial charge is 0.273 e. The van der Waals surface area contributed by atoms with Crippen molar-refractivity contribution >= 4 is 28.9 Å². The molecule has 0 radical (unpaired) electrons. The first kappa shape index (κ1) is 24.4. The van der Waals surface area contributed by atoms with Crippen LogP contribution in [0.15, 0.2) is 53.3 Å². The van der Waals surface area contributed by atoms with Crippen LogP contribution in [-0.2, 0) is 4.79 Å². The van der Waals surface area contributed by atoms with Crippen LogP contribution >= 0.6 is 11.3 Å². The molecule has 4 rings (SSSR count). The molecule has 3 aromatic rings. The molecule has 1 fully saturated rings. The van der Waals surface area contributed by atoms with E-state index in [2.05, 4.69) is 12.2 Å². The molecule has 0 bridgehead atoms. The standard InChI is InChI=1S/C27H26FN3O3S/c1-17-7-3-5-9-22(17)30-25(32)21(16-29)27-31(20-13-11-19(28)12-14-20)26(33)24(35-27)15-18-8-4-6-10-23(18)34-2/h4,6,8,10-15,17,22H,3,5,7,9H2,1-2H3,(H,30,32). The number of para-hydroxylation sites is 1. The lowest BCUT2D eigenvalue weighted by Crippen LogP contribution is -2.42. The number of aromatic nitrogens is 1. The molecule has 1 heterocycles. The zero-order valence-corrected chi connectivity index (χ0v) is 20.4. The van der Waals surface area contributed by atoms with Crippen molar-refractivity contribution in [1.29, 1.82) is 5.26 Å². The second-order valence-electron chi connectivity index (χ2n) is 8.60. The van der Waals surface area contributed by atoms with Gasteiger partial charge in [0.05, 0.1) is 17.3 Å². The molecule has 180 valence electrons. The minimum Gasteiger partial charge on any atom is -0.496 e. The van der Waals surface area contributed by atoms with E-state index in [0.29, 0.717) is 27.5 Å². The molecule has 0 spiro atoms. The van der Waals surface area contributed by atoms with Gasteiger partial charge < -0.3 is 10.1 Å². The van der Waals surface area contributed by atoms with Crippen LogP contribution in [0, 0.1) is 23.1 Å². The van der Waals surface area contributed by atoms with Gasteiger partial charge in [0.2, 0.25) is 0 Å². The molecule has 1 N–H and O–H groups in total. The first-order valence-corrected chi connectivity index (χ1v) is 12.3. The average molecular weight is 492 g/mol. The van der Waals surface area contributed by atoms with E-state index in [9.17, 15) is 19.2 Å². The second-order valence-corrected chi connectivity index (χ2v) is 9.63. The highest BCUT2D eigenvalue weighted by atomic mass is 32.1. The van der Waals surface area contributed by atoms with E-state index in [1.165, 1.54) is 28.8 Å². The minimum atomic E-state index is -0.507. The summed E-state index contributed by atoms with van der Waals surface area (Å²) in [6, 6.07) is 14.6. The van der Waals surface area contributed by atoms with Gasteiger partial charge in [-0.1, -0.05) is 38.0 Å². The molecule has 0 saturated heterocycles. The van der Waals surface area contributed by atoms with Gasteiger partial charge in [0.25, 0.3) is 11.5 Å². The number of nitrogens with zero attached hydrogens (tertiary/aromatic N) is 2. The summed E-state index contributed by atoms with van der Waals surface area (Å²) in [4.78, 5) is 26.8. The van der Waals surface area contributed by atoms with E-state index >= 15 is 0 Å². The number of carbonyl (C=O) groups excluding carboxylic acids is 1. The molecule has 1 saturated carbocycles. The Balaban J connectivity index is 1.93. The van der Waals surface area contributed by atoms with Crippen molar-refractivity contribution in [2.75, 3.05) is 7.11 Å². The highest BCUT2D eigenvalue weighted by Crippen LogP contribution is 2.24. The average Bonchev–Trinajstić information content (AvgIpc) is 3.17. The Hall–Kier alpha value is -3.70. The van der Waals surface area contributed by atoms with Crippen LogP contribution in [0.1, 0.15) is 38.2 Å². The van der Waals surface area contributed by atoms with Crippen LogP contribution in [0.2, 0.25) is 0 Å².